The first kappa shape index (κ1) is 20.3. The number of aryl methyl sites for hydroxylation is 1. The summed E-state index contributed by atoms with van der Waals surface area (Å²) in [5, 5.41) is 0.595. The van der Waals surface area contributed by atoms with Gasteiger partial charge < -0.3 is 14.3 Å². The quantitative estimate of drug-likeness (QED) is 0.645. The number of H-pyrrole nitrogens is 1. The van der Waals surface area contributed by atoms with Gasteiger partial charge in [-0.05, 0) is 36.3 Å². The number of benzene rings is 1. The molecule has 0 bridgehead atoms. The highest BCUT2D eigenvalue weighted by Crippen LogP contribution is 2.38. The Kier molecular flexibility index (Phi) is 5.01. The number of sulfone groups is 1. The zero-order valence-corrected chi connectivity index (χ0v) is 17.4. The van der Waals surface area contributed by atoms with Gasteiger partial charge >= 0.3 is 0 Å². The molecule has 9 heteroatoms. The standard InChI is InChI=1S/C21H21FN2O5S/c1-24-9-16(14-6-5-13(22)7-15(14)21(24)26)20-17(11-30(2,27)28)23-19(25)8-18(20)29-10-12-3-4-12/h5-9,12H,3-4,10-11H2,1-2H3,(H,23,25). The lowest BCUT2D eigenvalue weighted by molar-refractivity contribution is 0.300. The monoisotopic (exact) mass is 432 g/mol. The van der Waals surface area contributed by atoms with Gasteiger partial charge in [0.1, 0.15) is 11.6 Å². The highest BCUT2D eigenvalue weighted by Gasteiger charge is 2.25. The van der Waals surface area contributed by atoms with E-state index in [-0.39, 0.29) is 22.4 Å². The Morgan fingerprint density at radius 3 is 2.60 bits per heavy atom. The number of nitrogens with one attached hydrogen (secondary N) is 1. The molecule has 3 aromatic rings. The molecule has 2 heterocycles. The Bertz CT molecular complexity index is 1370. The molecule has 1 aromatic carbocycles. The largest absolute Gasteiger partial charge is 0.492 e. The van der Waals surface area contributed by atoms with Crippen LogP contribution >= 0.6 is 0 Å². The summed E-state index contributed by atoms with van der Waals surface area (Å²) in [6.07, 6.45) is 4.70. The molecule has 1 aliphatic rings. The van der Waals surface area contributed by atoms with Crippen molar-refractivity contribution < 1.29 is 17.5 Å². The van der Waals surface area contributed by atoms with Crippen LogP contribution in [0.1, 0.15) is 18.5 Å². The van der Waals surface area contributed by atoms with E-state index in [2.05, 4.69) is 4.98 Å². The van der Waals surface area contributed by atoms with Crippen LogP contribution in [0.25, 0.3) is 21.9 Å². The number of aromatic nitrogens is 2. The number of pyridine rings is 2. The SMILES string of the molecule is Cn1cc(-c2c(OCC3CC3)cc(=O)[nH]c2CS(C)(=O)=O)c2ccc(F)cc2c1=O. The second kappa shape index (κ2) is 7.39. The number of hydrogen-bond acceptors (Lipinski definition) is 5. The maximum Gasteiger partial charge on any atom is 0.258 e. The summed E-state index contributed by atoms with van der Waals surface area (Å²) in [5.41, 5.74) is 0.159. The summed E-state index contributed by atoms with van der Waals surface area (Å²) in [4.78, 5) is 27.4. The van der Waals surface area contributed by atoms with E-state index in [1.807, 2.05) is 0 Å². The van der Waals surface area contributed by atoms with E-state index >= 15 is 0 Å². The smallest absolute Gasteiger partial charge is 0.258 e. The first-order valence-corrected chi connectivity index (χ1v) is 11.5. The Balaban J connectivity index is 2.04. The molecule has 158 valence electrons. The molecule has 7 nitrogen and oxygen atoms in total. The lowest BCUT2D eigenvalue weighted by atomic mass is 9.98. The van der Waals surface area contributed by atoms with Gasteiger partial charge in [0.25, 0.3) is 11.1 Å². The van der Waals surface area contributed by atoms with E-state index in [4.69, 9.17) is 4.74 Å². The van der Waals surface area contributed by atoms with Gasteiger partial charge in [0.2, 0.25) is 0 Å². The number of rotatable bonds is 6. The van der Waals surface area contributed by atoms with Gasteiger partial charge in [0, 0.05) is 42.4 Å². The van der Waals surface area contributed by atoms with Gasteiger partial charge in [-0.15, -0.1) is 0 Å². The van der Waals surface area contributed by atoms with Crippen molar-refractivity contribution in [1.82, 2.24) is 9.55 Å². The van der Waals surface area contributed by atoms with E-state index in [1.165, 1.54) is 29.8 Å². The van der Waals surface area contributed by atoms with Crippen LogP contribution in [-0.2, 0) is 22.6 Å². The van der Waals surface area contributed by atoms with Gasteiger partial charge in [-0.2, -0.15) is 0 Å². The molecule has 0 unspecified atom stereocenters. The van der Waals surface area contributed by atoms with Gasteiger partial charge in [-0.3, -0.25) is 9.59 Å². The Hall–Kier alpha value is -2.94. The normalized spacial score (nSPS) is 14.2. The van der Waals surface area contributed by atoms with E-state index in [9.17, 15) is 22.4 Å². The highest BCUT2D eigenvalue weighted by atomic mass is 32.2. The highest BCUT2D eigenvalue weighted by molar-refractivity contribution is 7.89. The fraction of sp³-hybridized carbons (Fsp3) is 0.333. The minimum absolute atomic E-state index is 0.152. The number of nitrogens with zero attached hydrogens (tertiary/aromatic N) is 1. The molecule has 30 heavy (non-hydrogen) atoms. The van der Waals surface area contributed by atoms with Crippen LogP contribution in [0.5, 0.6) is 5.75 Å². The first-order valence-electron chi connectivity index (χ1n) is 9.48. The fourth-order valence-corrected chi connectivity index (χ4v) is 4.24. The number of halogens is 1. The number of hydrogen-bond donors (Lipinski definition) is 1. The van der Waals surface area contributed by atoms with Crippen molar-refractivity contribution in [2.75, 3.05) is 12.9 Å². The lowest BCUT2D eigenvalue weighted by Crippen LogP contribution is -2.19. The molecule has 1 N–H and O–H groups in total. The van der Waals surface area contributed by atoms with Crippen molar-refractivity contribution >= 4 is 20.6 Å². The molecule has 1 fully saturated rings. The van der Waals surface area contributed by atoms with E-state index < -0.39 is 27.0 Å². The minimum atomic E-state index is -3.49. The average molecular weight is 432 g/mol. The Morgan fingerprint density at radius 2 is 1.93 bits per heavy atom. The van der Waals surface area contributed by atoms with Gasteiger partial charge in [-0.1, -0.05) is 6.07 Å². The zero-order valence-electron chi connectivity index (χ0n) is 16.6. The minimum Gasteiger partial charge on any atom is -0.492 e. The zero-order chi connectivity index (χ0) is 21.6. The molecule has 1 saturated carbocycles. The van der Waals surface area contributed by atoms with Crippen LogP contribution in [0, 0.1) is 11.7 Å². The van der Waals surface area contributed by atoms with Gasteiger partial charge in [0.15, 0.2) is 9.84 Å². The number of ether oxygens (including phenoxy) is 1. The van der Waals surface area contributed by atoms with Crippen LogP contribution in [-0.4, -0.2) is 30.8 Å². The topological polar surface area (TPSA) is 98.2 Å². The van der Waals surface area contributed by atoms with Crippen molar-refractivity contribution in [2.24, 2.45) is 13.0 Å². The fourth-order valence-electron chi connectivity index (χ4n) is 3.50. The van der Waals surface area contributed by atoms with Crippen molar-refractivity contribution in [1.29, 1.82) is 0 Å². The van der Waals surface area contributed by atoms with Crippen LogP contribution in [0.15, 0.2) is 40.1 Å². The summed E-state index contributed by atoms with van der Waals surface area (Å²) in [6.45, 7) is 0.410. The van der Waals surface area contributed by atoms with Gasteiger partial charge in [-0.25, -0.2) is 12.8 Å². The molecule has 0 saturated heterocycles. The third-order valence-electron chi connectivity index (χ3n) is 5.08. The van der Waals surface area contributed by atoms with Crippen LogP contribution in [0.2, 0.25) is 0 Å². The molecule has 1 aliphatic carbocycles. The lowest BCUT2D eigenvalue weighted by Gasteiger charge is -2.17. The second-order valence-corrected chi connectivity index (χ2v) is 9.96. The van der Waals surface area contributed by atoms with Crippen molar-refractivity contribution in [3.8, 4) is 16.9 Å². The maximum absolute atomic E-state index is 13.8. The molecular formula is C21H21FN2O5S. The molecule has 0 radical (unpaired) electrons. The summed E-state index contributed by atoms with van der Waals surface area (Å²) >= 11 is 0. The Morgan fingerprint density at radius 1 is 1.20 bits per heavy atom. The van der Waals surface area contributed by atoms with Crippen molar-refractivity contribution in [3.63, 3.8) is 0 Å². The van der Waals surface area contributed by atoms with Crippen molar-refractivity contribution in [3.05, 3.63) is 62.7 Å². The molecule has 0 aliphatic heterocycles. The third-order valence-corrected chi connectivity index (χ3v) is 5.89. The summed E-state index contributed by atoms with van der Waals surface area (Å²) in [5.74, 6) is -0.321. The van der Waals surface area contributed by atoms with E-state index in [1.54, 1.807) is 6.20 Å². The molecule has 0 amide bonds. The summed E-state index contributed by atoms with van der Waals surface area (Å²) < 4.78 is 45.1. The predicted octanol–water partition coefficient (Wildman–Crippen LogP) is 2.37. The van der Waals surface area contributed by atoms with E-state index in [0.717, 1.165) is 25.2 Å². The van der Waals surface area contributed by atoms with E-state index in [0.29, 0.717) is 29.0 Å². The second-order valence-electron chi connectivity index (χ2n) is 7.82. The number of aromatic amines is 1. The average Bonchev–Trinajstić information content (AvgIpc) is 3.46. The van der Waals surface area contributed by atoms with Crippen LogP contribution in [0.4, 0.5) is 4.39 Å². The molecule has 2 aromatic heterocycles. The molecule has 0 spiro atoms. The molecule has 0 atom stereocenters. The molecular weight excluding hydrogens is 411 g/mol. The van der Waals surface area contributed by atoms with Gasteiger partial charge in [0.05, 0.1) is 17.7 Å². The first-order chi connectivity index (χ1) is 14.1. The number of fused-ring (bicyclic) bond motifs is 1. The van der Waals surface area contributed by atoms with Crippen LogP contribution < -0.4 is 15.9 Å². The van der Waals surface area contributed by atoms with Crippen LogP contribution in [0.3, 0.4) is 0 Å². The van der Waals surface area contributed by atoms with Crippen molar-refractivity contribution in [2.45, 2.75) is 18.6 Å². The maximum atomic E-state index is 13.8. The summed E-state index contributed by atoms with van der Waals surface area (Å²) in [6, 6.07) is 5.14. The third kappa shape index (κ3) is 4.16. The summed E-state index contributed by atoms with van der Waals surface area (Å²) in [7, 11) is -1.96. The molecule has 4 rings (SSSR count). The Labute approximate surface area is 172 Å². The predicted molar refractivity (Wildman–Crippen MR) is 112 cm³/mol.